The summed E-state index contributed by atoms with van der Waals surface area (Å²) in [7, 11) is 0. The van der Waals surface area contributed by atoms with E-state index in [-0.39, 0.29) is 17.8 Å². The first-order valence-electron chi connectivity index (χ1n) is 13.8. The summed E-state index contributed by atoms with van der Waals surface area (Å²) < 4.78 is 66.9. The van der Waals surface area contributed by atoms with Crippen molar-refractivity contribution in [2.24, 2.45) is 0 Å². The first-order valence-corrected chi connectivity index (χ1v) is 14.2. The second kappa shape index (κ2) is 13.6. The van der Waals surface area contributed by atoms with E-state index in [1.165, 1.54) is 41.7 Å². The number of carbonyl (C=O) groups excluding carboxylic acids is 2. The van der Waals surface area contributed by atoms with Crippen LogP contribution in [0.4, 0.5) is 38.1 Å². The van der Waals surface area contributed by atoms with Crippen molar-refractivity contribution in [3.05, 3.63) is 94.0 Å². The second-order valence-corrected chi connectivity index (χ2v) is 10.9. The molecule has 234 valence electrons. The van der Waals surface area contributed by atoms with E-state index in [0.717, 1.165) is 43.4 Å². The van der Waals surface area contributed by atoms with Crippen LogP contribution < -0.4 is 15.5 Å². The Bertz CT molecular complexity index is 1490. The minimum atomic E-state index is -4.73. The highest BCUT2D eigenvalue weighted by atomic mass is 35.5. The zero-order valence-electron chi connectivity index (χ0n) is 23.3. The maximum absolute atomic E-state index is 13.5. The zero-order valence-corrected chi connectivity index (χ0v) is 24.0. The molecule has 0 aliphatic heterocycles. The number of nitrogens with zero attached hydrogens (tertiary/aromatic N) is 1. The molecule has 4 rings (SSSR count). The summed E-state index contributed by atoms with van der Waals surface area (Å²) in [5.41, 5.74) is 0.852. The standard InChI is InChI=1S/C31H29ClF5N3O4/c32-26-15-12-23(16-25(26)31(35,36)37)39-29(44)40(24-13-10-21(11-14-24)20-4-2-1-3-5-20)17-19-6-8-22(9-7-19)27(41)38-18-30(33,34)28(42)43/h6-16,20H,1-5,17-18H2,(H,38,41)(H,39,44)(H,42,43). The Kier molecular flexibility index (Phi) is 10.1. The summed E-state index contributed by atoms with van der Waals surface area (Å²) in [4.78, 5) is 37.6. The summed E-state index contributed by atoms with van der Waals surface area (Å²) in [6.45, 7) is -1.46. The van der Waals surface area contributed by atoms with Crippen molar-refractivity contribution in [1.29, 1.82) is 0 Å². The van der Waals surface area contributed by atoms with E-state index < -0.39 is 47.1 Å². The normalized spacial score (nSPS) is 14.1. The van der Waals surface area contributed by atoms with Gasteiger partial charge in [0.25, 0.3) is 5.91 Å². The third kappa shape index (κ3) is 8.25. The van der Waals surface area contributed by atoms with Crippen LogP contribution in [0.1, 0.15) is 65.1 Å². The average Bonchev–Trinajstić information content (AvgIpc) is 3.00. The fourth-order valence-corrected chi connectivity index (χ4v) is 5.19. The van der Waals surface area contributed by atoms with E-state index in [4.69, 9.17) is 16.7 Å². The maximum Gasteiger partial charge on any atom is 0.417 e. The highest BCUT2D eigenvalue weighted by Crippen LogP contribution is 2.37. The summed E-state index contributed by atoms with van der Waals surface area (Å²) in [6.07, 6.45) is 0.865. The predicted molar refractivity (Wildman–Crippen MR) is 155 cm³/mol. The minimum Gasteiger partial charge on any atom is -0.477 e. The van der Waals surface area contributed by atoms with Crippen molar-refractivity contribution in [3.63, 3.8) is 0 Å². The van der Waals surface area contributed by atoms with Gasteiger partial charge in [0.2, 0.25) is 0 Å². The number of halogens is 6. The van der Waals surface area contributed by atoms with Crippen molar-refractivity contribution in [3.8, 4) is 0 Å². The molecular weight excluding hydrogens is 609 g/mol. The lowest BCUT2D eigenvalue weighted by atomic mass is 9.84. The Balaban J connectivity index is 1.56. The summed E-state index contributed by atoms with van der Waals surface area (Å²) in [6, 6.07) is 15.3. The lowest BCUT2D eigenvalue weighted by Gasteiger charge is -2.26. The molecule has 0 heterocycles. The Labute approximate surface area is 255 Å². The van der Waals surface area contributed by atoms with E-state index in [9.17, 15) is 36.3 Å². The van der Waals surface area contributed by atoms with Crippen LogP contribution in [0.3, 0.4) is 0 Å². The molecule has 0 spiro atoms. The van der Waals surface area contributed by atoms with Gasteiger partial charge in [0, 0.05) is 16.9 Å². The van der Waals surface area contributed by atoms with E-state index >= 15 is 0 Å². The molecule has 7 nitrogen and oxygen atoms in total. The Morgan fingerprint density at radius 3 is 2.11 bits per heavy atom. The molecule has 0 atom stereocenters. The van der Waals surface area contributed by atoms with Crippen molar-refractivity contribution in [1.82, 2.24) is 5.32 Å². The number of aliphatic carboxylic acids is 1. The molecule has 44 heavy (non-hydrogen) atoms. The molecule has 1 saturated carbocycles. The van der Waals surface area contributed by atoms with Crippen LogP contribution >= 0.6 is 11.6 Å². The van der Waals surface area contributed by atoms with Gasteiger partial charge in [0.15, 0.2) is 0 Å². The van der Waals surface area contributed by atoms with Gasteiger partial charge in [-0.25, -0.2) is 9.59 Å². The number of carboxylic acids is 1. The van der Waals surface area contributed by atoms with Gasteiger partial charge in [-0.3, -0.25) is 9.69 Å². The lowest BCUT2D eigenvalue weighted by molar-refractivity contribution is -0.163. The van der Waals surface area contributed by atoms with Crippen LogP contribution in [0, 0.1) is 0 Å². The molecule has 3 N–H and O–H groups in total. The number of rotatable bonds is 9. The number of carboxylic acid groups (broad SMARTS) is 1. The molecule has 3 aromatic rings. The molecule has 0 bridgehead atoms. The SMILES string of the molecule is O=C(NCC(F)(F)C(=O)O)c1ccc(CN(C(=O)Nc2ccc(Cl)c(C(F)(F)F)c2)c2ccc(C3CCCCC3)cc2)cc1. The quantitative estimate of drug-likeness (QED) is 0.207. The fraction of sp³-hybridized carbons (Fsp3) is 0.323. The van der Waals surface area contributed by atoms with Gasteiger partial charge < -0.3 is 15.7 Å². The number of alkyl halides is 5. The Morgan fingerprint density at radius 2 is 1.52 bits per heavy atom. The highest BCUT2D eigenvalue weighted by molar-refractivity contribution is 6.31. The van der Waals surface area contributed by atoms with Gasteiger partial charge >= 0.3 is 24.1 Å². The maximum atomic E-state index is 13.5. The number of urea groups is 1. The van der Waals surface area contributed by atoms with E-state index in [1.54, 1.807) is 12.1 Å². The van der Waals surface area contributed by atoms with Gasteiger partial charge in [-0.15, -0.1) is 0 Å². The molecule has 3 aromatic carbocycles. The van der Waals surface area contributed by atoms with Crippen LogP contribution in [0.15, 0.2) is 66.7 Å². The smallest absolute Gasteiger partial charge is 0.417 e. The van der Waals surface area contributed by atoms with E-state index in [1.807, 2.05) is 17.4 Å². The fourth-order valence-electron chi connectivity index (χ4n) is 4.97. The van der Waals surface area contributed by atoms with Crippen LogP contribution in [0.5, 0.6) is 0 Å². The largest absolute Gasteiger partial charge is 0.477 e. The first-order chi connectivity index (χ1) is 20.7. The molecule has 3 amide bonds. The van der Waals surface area contributed by atoms with Gasteiger partial charge in [-0.1, -0.05) is 55.1 Å². The van der Waals surface area contributed by atoms with Crippen molar-refractivity contribution < 1.29 is 41.4 Å². The van der Waals surface area contributed by atoms with Crippen molar-refractivity contribution >= 4 is 40.9 Å². The predicted octanol–water partition coefficient (Wildman–Crippen LogP) is 8.09. The van der Waals surface area contributed by atoms with Crippen molar-refractivity contribution in [2.75, 3.05) is 16.8 Å². The van der Waals surface area contributed by atoms with Gasteiger partial charge in [0.05, 0.1) is 23.7 Å². The average molecular weight is 638 g/mol. The van der Waals surface area contributed by atoms with Crippen LogP contribution in [0.2, 0.25) is 5.02 Å². The molecular formula is C31H29ClF5N3O4. The summed E-state index contributed by atoms with van der Waals surface area (Å²) in [5.74, 6) is -7.02. The molecule has 1 aliphatic rings. The van der Waals surface area contributed by atoms with E-state index in [0.29, 0.717) is 17.2 Å². The first kappa shape index (κ1) is 32.7. The minimum absolute atomic E-state index is 0.0244. The Morgan fingerprint density at radius 1 is 0.886 bits per heavy atom. The third-order valence-corrected chi connectivity index (χ3v) is 7.72. The van der Waals surface area contributed by atoms with E-state index in [2.05, 4.69) is 5.32 Å². The highest BCUT2D eigenvalue weighted by Gasteiger charge is 2.39. The molecule has 13 heteroatoms. The summed E-state index contributed by atoms with van der Waals surface area (Å²) in [5, 5.41) is 12.4. The van der Waals surface area contributed by atoms with Gasteiger partial charge in [-0.05, 0) is 72.4 Å². The monoisotopic (exact) mass is 637 g/mol. The molecule has 0 unspecified atom stereocenters. The number of carbonyl (C=O) groups is 3. The van der Waals surface area contributed by atoms with Gasteiger partial charge in [0.1, 0.15) is 0 Å². The topological polar surface area (TPSA) is 98.7 Å². The van der Waals surface area contributed by atoms with Crippen LogP contribution in [0.25, 0.3) is 0 Å². The number of nitrogens with one attached hydrogen (secondary N) is 2. The van der Waals surface area contributed by atoms with Crippen LogP contribution in [-0.4, -0.2) is 35.5 Å². The Hall–Kier alpha value is -4.19. The number of hydrogen-bond donors (Lipinski definition) is 3. The molecule has 1 aliphatic carbocycles. The van der Waals surface area contributed by atoms with Gasteiger partial charge in [-0.2, -0.15) is 22.0 Å². The third-order valence-electron chi connectivity index (χ3n) is 7.39. The zero-order chi connectivity index (χ0) is 32.1. The van der Waals surface area contributed by atoms with Crippen LogP contribution in [-0.2, 0) is 17.5 Å². The second-order valence-electron chi connectivity index (χ2n) is 10.5. The molecule has 1 fully saturated rings. The number of anilines is 2. The number of hydrogen-bond acceptors (Lipinski definition) is 3. The number of benzene rings is 3. The number of amides is 3. The van der Waals surface area contributed by atoms with Crippen molar-refractivity contribution in [2.45, 2.75) is 56.7 Å². The molecule has 0 aromatic heterocycles. The molecule has 0 radical (unpaired) electrons. The molecule has 0 saturated heterocycles. The summed E-state index contributed by atoms with van der Waals surface area (Å²) >= 11 is 5.72. The lowest BCUT2D eigenvalue weighted by Crippen LogP contribution is -2.42.